The summed E-state index contributed by atoms with van der Waals surface area (Å²) in [6.07, 6.45) is 0. The highest BCUT2D eigenvalue weighted by Crippen LogP contribution is 2.23. The van der Waals surface area contributed by atoms with Crippen LogP contribution in [-0.2, 0) is 16.1 Å². The molecule has 4 nitrogen and oxygen atoms in total. The van der Waals surface area contributed by atoms with Crippen LogP contribution in [0.1, 0.15) is 12.5 Å². The van der Waals surface area contributed by atoms with Crippen molar-refractivity contribution in [3.05, 3.63) is 33.8 Å². The van der Waals surface area contributed by atoms with Crippen LogP contribution in [0.15, 0.2) is 18.2 Å². The summed E-state index contributed by atoms with van der Waals surface area (Å²) in [7, 11) is 0. The van der Waals surface area contributed by atoms with Crippen LogP contribution < -0.4 is 5.32 Å². The molecule has 1 atom stereocenters. The molecule has 1 aromatic rings. The van der Waals surface area contributed by atoms with Crippen molar-refractivity contribution in [1.82, 2.24) is 10.2 Å². The number of benzene rings is 1. The van der Waals surface area contributed by atoms with Gasteiger partial charge >= 0.3 is 5.97 Å². The summed E-state index contributed by atoms with van der Waals surface area (Å²) in [6.45, 7) is 5.05. The average Bonchev–Trinajstić information content (AvgIpc) is 2.43. The van der Waals surface area contributed by atoms with Gasteiger partial charge in [-0.15, -0.1) is 0 Å². The van der Waals surface area contributed by atoms with E-state index in [-0.39, 0.29) is 12.0 Å². The third-order valence-corrected chi connectivity index (χ3v) is 3.89. The van der Waals surface area contributed by atoms with Gasteiger partial charge < -0.3 is 10.1 Å². The smallest absolute Gasteiger partial charge is 0.324 e. The largest absolute Gasteiger partial charge is 0.465 e. The first-order valence-corrected chi connectivity index (χ1v) is 7.42. The maximum Gasteiger partial charge on any atom is 0.324 e. The van der Waals surface area contributed by atoms with Gasteiger partial charge in [-0.1, -0.05) is 29.3 Å². The summed E-state index contributed by atoms with van der Waals surface area (Å²) in [5, 5.41) is 4.45. The van der Waals surface area contributed by atoms with Crippen molar-refractivity contribution in [2.75, 3.05) is 26.2 Å². The van der Waals surface area contributed by atoms with E-state index in [2.05, 4.69) is 10.2 Å². The third-order valence-electron chi connectivity index (χ3n) is 3.30. The molecule has 1 N–H and O–H groups in total. The number of halogens is 2. The molecule has 1 saturated heterocycles. The third kappa shape index (κ3) is 3.85. The van der Waals surface area contributed by atoms with Crippen LogP contribution in [0.5, 0.6) is 0 Å². The molecule has 1 unspecified atom stereocenters. The molecule has 1 aliphatic heterocycles. The fraction of sp³-hybridized carbons (Fsp3) is 0.500. The Morgan fingerprint density at radius 2 is 2.30 bits per heavy atom. The van der Waals surface area contributed by atoms with Crippen LogP contribution in [0.3, 0.4) is 0 Å². The fourth-order valence-corrected chi connectivity index (χ4v) is 2.74. The number of nitrogens with zero attached hydrogens (tertiary/aromatic N) is 1. The highest BCUT2D eigenvalue weighted by Gasteiger charge is 2.29. The molecule has 110 valence electrons. The minimum Gasteiger partial charge on any atom is -0.465 e. The number of esters is 1. The SMILES string of the molecule is CCOC(=O)C1CNCCN1Cc1ccc(Cl)cc1Cl. The maximum atomic E-state index is 12.0. The number of ether oxygens (including phenoxy) is 1. The first kappa shape index (κ1) is 15.6. The van der Waals surface area contributed by atoms with Crippen molar-refractivity contribution in [3.63, 3.8) is 0 Å². The van der Waals surface area contributed by atoms with Gasteiger partial charge in [0.2, 0.25) is 0 Å². The number of carbonyl (C=O) groups is 1. The number of piperazine rings is 1. The van der Waals surface area contributed by atoms with E-state index in [4.69, 9.17) is 27.9 Å². The fourth-order valence-electron chi connectivity index (χ4n) is 2.28. The summed E-state index contributed by atoms with van der Waals surface area (Å²) in [4.78, 5) is 14.1. The zero-order chi connectivity index (χ0) is 14.5. The zero-order valence-electron chi connectivity index (χ0n) is 11.4. The van der Waals surface area contributed by atoms with Crippen molar-refractivity contribution in [2.24, 2.45) is 0 Å². The van der Waals surface area contributed by atoms with Crippen LogP contribution >= 0.6 is 23.2 Å². The van der Waals surface area contributed by atoms with Crippen molar-refractivity contribution in [1.29, 1.82) is 0 Å². The topological polar surface area (TPSA) is 41.6 Å². The van der Waals surface area contributed by atoms with Crippen LogP contribution in [0.2, 0.25) is 10.0 Å². The molecule has 1 fully saturated rings. The molecular formula is C14H18Cl2N2O2. The quantitative estimate of drug-likeness (QED) is 0.866. The lowest BCUT2D eigenvalue weighted by atomic mass is 10.1. The van der Waals surface area contributed by atoms with Crippen LogP contribution in [0.25, 0.3) is 0 Å². The van der Waals surface area contributed by atoms with Crippen molar-refractivity contribution >= 4 is 29.2 Å². The van der Waals surface area contributed by atoms with E-state index in [0.29, 0.717) is 29.7 Å². The second kappa shape index (κ2) is 7.27. The summed E-state index contributed by atoms with van der Waals surface area (Å²) in [5.41, 5.74) is 0.965. The van der Waals surface area contributed by atoms with Gasteiger partial charge in [0.25, 0.3) is 0 Å². The Morgan fingerprint density at radius 1 is 1.50 bits per heavy atom. The van der Waals surface area contributed by atoms with Gasteiger partial charge in [-0.3, -0.25) is 9.69 Å². The van der Waals surface area contributed by atoms with Gasteiger partial charge in [-0.2, -0.15) is 0 Å². The summed E-state index contributed by atoms with van der Waals surface area (Å²) < 4.78 is 5.12. The van der Waals surface area contributed by atoms with Gasteiger partial charge in [0, 0.05) is 36.2 Å². The molecule has 1 heterocycles. The van der Waals surface area contributed by atoms with E-state index >= 15 is 0 Å². The lowest BCUT2D eigenvalue weighted by Gasteiger charge is -2.34. The summed E-state index contributed by atoms with van der Waals surface area (Å²) in [5.74, 6) is -0.190. The lowest BCUT2D eigenvalue weighted by molar-refractivity contribution is -0.150. The highest BCUT2D eigenvalue weighted by molar-refractivity contribution is 6.35. The number of nitrogens with one attached hydrogen (secondary N) is 1. The molecule has 6 heteroatoms. The Balaban J connectivity index is 2.10. The number of hydrogen-bond acceptors (Lipinski definition) is 4. The first-order valence-electron chi connectivity index (χ1n) is 6.67. The molecule has 2 rings (SSSR count). The molecule has 0 saturated carbocycles. The van der Waals surface area contributed by atoms with E-state index in [1.165, 1.54) is 0 Å². The summed E-state index contributed by atoms with van der Waals surface area (Å²) in [6, 6.07) is 5.16. The molecule has 20 heavy (non-hydrogen) atoms. The Labute approximate surface area is 129 Å². The molecule has 0 spiro atoms. The molecule has 1 aliphatic rings. The van der Waals surface area contributed by atoms with E-state index in [9.17, 15) is 4.79 Å². The Hall–Kier alpha value is -0.810. The predicted octanol–water partition coefficient (Wildman–Crippen LogP) is 2.33. The van der Waals surface area contributed by atoms with Gasteiger partial charge in [0.15, 0.2) is 0 Å². The van der Waals surface area contributed by atoms with Crippen LogP contribution in [0.4, 0.5) is 0 Å². The minimum absolute atomic E-state index is 0.190. The molecule has 0 amide bonds. The standard InChI is InChI=1S/C14H18Cl2N2O2/c1-2-20-14(19)13-8-17-5-6-18(13)9-10-3-4-11(15)7-12(10)16/h3-4,7,13,17H,2,5-6,8-9H2,1H3. The van der Waals surface area contributed by atoms with Gasteiger partial charge in [0.05, 0.1) is 6.61 Å². The van der Waals surface area contributed by atoms with E-state index in [0.717, 1.165) is 18.7 Å². The average molecular weight is 317 g/mol. The normalized spacial score (nSPS) is 19.9. The zero-order valence-corrected chi connectivity index (χ0v) is 12.9. The van der Waals surface area contributed by atoms with E-state index in [1.54, 1.807) is 6.07 Å². The van der Waals surface area contributed by atoms with E-state index < -0.39 is 0 Å². The summed E-state index contributed by atoms with van der Waals surface area (Å²) >= 11 is 12.1. The minimum atomic E-state index is -0.268. The Bertz CT molecular complexity index is 482. The van der Waals surface area contributed by atoms with Crippen LogP contribution in [-0.4, -0.2) is 43.2 Å². The Morgan fingerprint density at radius 3 is 3.00 bits per heavy atom. The Kier molecular flexibility index (Phi) is 5.66. The molecule has 0 aromatic heterocycles. The van der Waals surface area contributed by atoms with Gasteiger partial charge in [-0.05, 0) is 24.6 Å². The maximum absolute atomic E-state index is 12.0. The molecular weight excluding hydrogens is 299 g/mol. The lowest BCUT2D eigenvalue weighted by Crippen LogP contribution is -2.54. The molecule has 1 aromatic carbocycles. The van der Waals surface area contributed by atoms with E-state index in [1.807, 2.05) is 19.1 Å². The van der Waals surface area contributed by atoms with Crippen molar-refractivity contribution in [2.45, 2.75) is 19.5 Å². The predicted molar refractivity (Wildman–Crippen MR) is 80.2 cm³/mol. The molecule has 0 radical (unpaired) electrons. The van der Waals surface area contributed by atoms with Crippen molar-refractivity contribution in [3.8, 4) is 0 Å². The molecule has 0 bridgehead atoms. The first-order chi connectivity index (χ1) is 9.61. The highest BCUT2D eigenvalue weighted by atomic mass is 35.5. The van der Waals surface area contributed by atoms with Crippen LogP contribution in [0, 0.1) is 0 Å². The van der Waals surface area contributed by atoms with Gasteiger partial charge in [0.1, 0.15) is 6.04 Å². The second-order valence-corrected chi connectivity index (χ2v) is 5.52. The number of hydrogen-bond donors (Lipinski definition) is 1. The monoisotopic (exact) mass is 316 g/mol. The molecule has 0 aliphatic carbocycles. The number of carbonyl (C=O) groups excluding carboxylic acids is 1. The number of rotatable bonds is 4. The second-order valence-electron chi connectivity index (χ2n) is 4.68. The van der Waals surface area contributed by atoms with Gasteiger partial charge in [-0.25, -0.2) is 0 Å². The van der Waals surface area contributed by atoms with Crippen molar-refractivity contribution < 1.29 is 9.53 Å².